The molecule has 4 nitrogen and oxygen atoms in total. The molecule has 0 aliphatic carbocycles. The van der Waals surface area contributed by atoms with Gasteiger partial charge in [-0.15, -0.1) is 0 Å². The summed E-state index contributed by atoms with van der Waals surface area (Å²) in [7, 11) is 0. The lowest BCUT2D eigenvalue weighted by Crippen LogP contribution is -2.57. The Hall–Kier alpha value is -1.83. The lowest BCUT2D eigenvalue weighted by molar-refractivity contribution is -0.189. The molecule has 0 aromatic heterocycles. The van der Waals surface area contributed by atoms with E-state index in [1.165, 1.54) is 12.1 Å². The Morgan fingerprint density at radius 1 is 1.23 bits per heavy atom. The van der Waals surface area contributed by atoms with Crippen LogP contribution in [0.15, 0.2) is 24.3 Å². The van der Waals surface area contributed by atoms with Crippen LogP contribution in [0.3, 0.4) is 0 Å². The predicted octanol–water partition coefficient (Wildman–Crippen LogP) is 4.25. The number of rotatable bonds is 3. The second kappa shape index (κ2) is 7.82. The van der Waals surface area contributed by atoms with Crippen LogP contribution >= 0.6 is 0 Å². The maximum absolute atomic E-state index is 13.4. The van der Waals surface area contributed by atoms with Gasteiger partial charge < -0.3 is 10.1 Å². The van der Waals surface area contributed by atoms with Gasteiger partial charge in [-0.1, -0.05) is 12.1 Å². The minimum Gasteiger partial charge on any atom is -0.444 e. The summed E-state index contributed by atoms with van der Waals surface area (Å²) in [5.41, 5.74) is -0.0743. The largest absolute Gasteiger partial charge is 0.444 e. The van der Waals surface area contributed by atoms with Gasteiger partial charge in [-0.2, -0.15) is 13.2 Å². The molecule has 1 N–H and O–H groups in total. The van der Waals surface area contributed by atoms with Crippen molar-refractivity contribution in [2.45, 2.75) is 64.0 Å². The number of amides is 1. The topological polar surface area (TPSA) is 41.6 Å². The van der Waals surface area contributed by atoms with Crippen molar-refractivity contribution >= 4 is 6.09 Å². The summed E-state index contributed by atoms with van der Waals surface area (Å²) in [6.45, 7) is 5.14. The summed E-state index contributed by atoms with van der Waals surface area (Å²) in [6, 6.07) is 3.49. The lowest BCUT2D eigenvalue weighted by atomic mass is 9.96. The highest BCUT2D eigenvalue weighted by Crippen LogP contribution is 2.33. The average molecular weight is 376 g/mol. The van der Waals surface area contributed by atoms with Gasteiger partial charge in [-0.05, 0) is 51.3 Å². The van der Waals surface area contributed by atoms with Crippen LogP contribution in [0.5, 0.6) is 0 Å². The number of ether oxygens (including phenoxy) is 1. The maximum atomic E-state index is 13.4. The van der Waals surface area contributed by atoms with E-state index in [2.05, 4.69) is 5.32 Å². The van der Waals surface area contributed by atoms with E-state index < -0.39 is 30.0 Å². The minimum atomic E-state index is -4.53. The average Bonchev–Trinajstić information content (AvgIpc) is 2.51. The van der Waals surface area contributed by atoms with Crippen LogP contribution in [-0.4, -0.2) is 41.4 Å². The molecule has 1 fully saturated rings. The number of hydrogen-bond acceptors (Lipinski definition) is 3. The van der Waals surface area contributed by atoms with Crippen LogP contribution in [0.25, 0.3) is 0 Å². The van der Waals surface area contributed by atoms with E-state index >= 15 is 0 Å². The van der Waals surface area contributed by atoms with Crippen LogP contribution in [-0.2, 0) is 11.3 Å². The Morgan fingerprint density at radius 3 is 2.38 bits per heavy atom. The van der Waals surface area contributed by atoms with Gasteiger partial charge in [-0.25, -0.2) is 9.18 Å². The summed E-state index contributed by atoms with van der Waals surface area (Å²) in [5.74, 6) is -0.364. The molecule has 1 amide bonds. The third-order valence-corrected chi connectivity index (χ3v) is 4.12. The molecular formula is C18H24F4N2O2. The van der Waals surface area contributed by atoms with E-state index in [0.717, 1.165) is 10.5 Å². The van der Waals surface area contributed by atoms with Crippen LogP contribution in [0, 0.1) is 5.82 Å². The molecule has 1 heterocycles. The number of alkyl halides is 3. The van der Waals surface area contributed by atoms with Crippen molar-refractivity contribution in [3.05, 3.63) is 35.6 Å². The van der Waals surface area contributed by atoms with Gasteiger partial charge in [0.2, 0.25) is 0 Å². The maximum Gasteiger partial charge on any atom is 0.410 e. The zero-order valence-electron chi connectivity index (χ0n) is 15.1. The van der Waals surface area contributed by atoms with Gasteiger partial charge in [0.05, 0.1) is 0 Å². The molecule has 0 radical (unpaired) electrons. The number of nitrogens with one attached hydrogen (secondary N) is 1. The Bertz CT molecular complexity index is 611. The van der Waals surface area contributed by atoms with Crippen LogP contribution in [0.4, 0.5) is 22.4 Å². The highest BCUT2D eigenvalue weighted by molar-refractivity contribution is 5.68. The van der Waals surface area contributed by atoms with Crippen molar-refractivity contribution in [3.8, 4) is 0 Å². The summed E-state index contributed by atoms with van der Waals surface area (Å²) in [6.07, 6.45) is -5.35. The minimum absolute atomic E-state index is 0.0415. The number of likely N-dealkylation sites (tertiary alicyclic amines) is 1. The number of hydrogen-bond donors (Lipinski definition) is 1. The zero-order chi connectivity index (χ0) is 19.5. The summed E-state index contributed by atoms with van der Waals surface area (Å²) < 4.78 is 58.4. The molecule has 0 saturated carbocycles. The normalized spacial score (nSPS) is 21.6. The molecule has 2 unspecified atom stereocenters. The standard InChI is InChI=1S/C18H24F4N2O2/c1-17(2,3)26-16(25)24-9-8-14(10-15(24)18(20,21)22)23-11-12-4-6-13(19)7-5-12/h4-7,14-15,23H,8-11H2,1-3H3. The first kappa shape index (κ1) is 20.5. The molecule has 1 aromatic rings. The highest BCUT2D eigenvalue weighted by atomic mass is 19.4. The Morgan fingerprint density at radius 2 is 1.85 bits per heavy atom. The smallest absolute Gasteiger partial charge is 0.410 e. The first-order valence-electron chi connectivity index (χ1n) is 8.50. The molecule has 2 atom stereocenters. The number of piperidine rings is 1. The third-order valence-electron chi connectivity index (χ3n) is 4.12. The number of carbonyl (C=O) groups excluding carboxylic acids is 1. The van der Waals surface area contributed by atoms with E-state index in [9.17, 15) is 22.4 Å². The van der Waals surface area contributed by atoms with E-state index in [1.54, 1.807) is 32.9 Å². The summed E-state index contributed by atoms with van der Waals surface area (Å²) in [5, 5.41) is 3.07. The highest BCUT2D eigenvalue weighted by Gasteiger charge is 2.49. The number of halogens is 4. The monoisotopic (exact) mass is 376 g/mol. The Kier molecular flexibility index (Phi) is 6.16. The quantitative estimate of drug-likeness (QED) is 0.802. The first-order valence-corrected chi connectivity index (χ1v) is 8.50. The fourth-order valence-corrected chi connectivity index (χ4v) is 2.86. The molecule has 0 spiro atoms. The summed E-state index contributed by atoms with van der Waals surface area (Å²) in [4.78, 5) is 12.9. The third kappa shape index (κ3) is 5.86. The van der Waals surface area contributed by atoms with Gasteiger partial charge in [0.25, 0.3) is 0 Å². The van der Waals surface area contributed by atoms with E-state index in [1.807, 2.05) is 0 Å². The molecule has 2 rings (SSSR count). The van der Waals surface area contributed by atoms with E-state index in [-0.39, 0.29) is 18.8 Å². The van der Waals surface area contributed by atoms with Crippen LogP contribution < -0.4 is 5.32 Å². The first-order chi connectivity index (χ1) is 12.0. The van der Waals surface area contributed by atoms with Crippen molar-refractivity contribution in [2.24, 2.45) is 0 Å². The number of nitrogens with zero attached hydrogens (tertiary/aromatic N) is 1. The Balaban J connectivity index is 2.00. The zero-order valence-corrected chi connectivity index (χ0v) is 15.1. The van der Waals surface area contributed by atoms with Crippen LogP contribution in [0.2, 0.25) is 0 Å². The molecule has 8 heteroatoms. The van der Waals surface area contributed by atoms with Crippen molar-refractivity contribution in [2.75, 3.05) is 6.54 Å². The molecular weight excluding hydrogens is 352 g/mol. The van der Waals surface area contributed by atoms with Gasteiger partial charge in [-0.3, -0.25) is 4.90 Å². The summed E-state index contributed by atoms with van der Waals surface area (Å²) >= 11 is 0. The molecule has 1 aliphatic heterocycles. The molecule has 1 saturated heterocycles. The second-order valence-corrected chi connectivity index (χ2v) is 7.46. The van der Waals surface area contributed by atoms with Crippen molar-refractivity contribution in [1.29, 1.82) is 0 Å². The van der Waals surface area contributed by atoms with Gasteiger partial charge in [0.1, 0.15) is 17.5 Å². The second-order valence-electron chi connectivity index (χ2n) is 7.46. The molecule has 26 heavy (non-hydrogen) atoms. The van der Waals surface area contributed by atoms with Gasteiger partial charge >= 0.3 is 12.3 Å². The predicted molar refractivity (Wildman–Crippen MR) is 89.0 cm³/mol. The lowest BCUT2D eigenvalue weighted by Gasteiger charge is -2.40. The van der Waals surface area contributed by atoms with Gasteiger partial charge in [0, 0.05) is 19.1 Å². The fourth-order valence-electron chi connectivity index (χ4n) is 2.86. The van der Waals surface area contributed by atoms with Crippen LogP contribution in [0.1, 0.15) is 39.2 Å². The molecule has 1 aromatic carbocycles. The van der Waals surface area contributed by atoms with E-state index in [4.69, 9.17) is 4.74 Å². The van der Waals surface area contributed by atoms with Crippen molar-refractivity contribution in [3.63, 3.8) is 0 Å². The Labute approximate surface area is 150 Å². The van der Waals surface area contributed by atoms with Crippen molar-refractivity contribution in [1.82, 2.24) is 10.2 Å². The molecule has 1 aliphatic rings. The number of benzene rings is 1. The molecule has 0 bridgehead atoms. The SMILES string of the molecule is CC(C)(C)OC(=O)N1CCC(NCc2ccc(F)cc2)CC1C(F)(F)F. The molecule has 146 valence electrons. The van der Waals surface area contributed by atoms with E-state index in [0.29, 0.717) is 13.0 Å². The fraction of sp³-hybridized carbons (Fsp3) is 0.611. The van der Waals surface area contributed by atoms with Crippen molar-refractivity contribution < 1.29 is 27.1 Å². The van der Waals surface area contributed by atoms with Gasteiger partial charge in [0.15, 0.2) is 0 Å². The number of carbonyl (C=O) groups is 1.